The second-order valence-corrected chi connectivity index (χ2v) is 5.31. The molecule has 0 aliphatic rings. The van der Waals surface area contributed by atoms with Gasteiger partial charge in [-0.05, 0) is 24.3 Å². The third-order valence-electron chi connectivity index (χ3n) is 3.02. The van der Waals surface area contributed by atoms with Crippen LogP contribution in [0.2, 0.25) is 0 Å². The van der Waals surface area contributed by atoms with Gasteiger partial charge in [0.25, 0.3) is 0 Å². The molecule has 0 saturated carbocycles. The van der Waals surface area contributed by atoms with Gasteiger partial charge in [-0.25, -0.2) is 0 Å². The summed E-state index contributed by atoms with van der Waals surface area (Å²) in [5.74, 6) is 0. The van der Waals surface area contributed by atoms with Crippen molar-refractivity contribution in [3.8, 4) is 0 Å². The summed E-state index contributed by atoms with van der Waals surface area (Å²) in [6, 6.07) is 26.2. The van der Waals surface area contributed by atoms with Crippen LogP contribution in [0.4, 0.5) is 0 Å². The Hall–Kier alpha value is -2.06. The van der Waals surface area contributed by atoms with Crippen molar-refractivity contribution >= 4 is 37.9 Å². The smallest absolute Gasteiger partial charge is 0.135 e. The van der Waals surface area contributed by atoms with Gasteiger partial charge in [0.2, 0.25) is 0 Å². The number of benzene rings is 3. The maximum absolute atomic E-state index is 5.65. The summed E-state index contributed by atoms with van der Waals surface area (Å²) in [6.45, 7) is 0. The number of para-hydroxylation sites is 2. The first-order valence-corrected chi connectivity index (χ1v) is 7.21. The van der Waals surface area contributed by atoms with E-state index in [1.54, 1.807) is 0 Å². The van der Waals surface area contributed by atoms with Gasteiger partial charge in [-0.15, -0.1) is 0 Å². The summed E-state index contributed by atoms with van der Waals surface area (Å²) in [4.78, 5) is 0. The highest BCUT2D eigenvalue weighted by molar-refractivity contribution is 9.10. The molecule has 3 aromatic carbocycles. The van der Waals surface area contributed by atoms with Crippen LogP contribution in [-0.2, 0) is 0 Å². The van der Waals surface area contributed by atoms with Crippen molar-refractivity contribution in [1.82, 2.24) is 0 Å². The Morgan fingerprint density at radius 2 is 1.00 bits per heavy atom. The lowest BCUT2D eigenvalue weighted by Crippen LogP contribution is -1.62. The maximum atomic E-state index is 5.65. The lowest BCUT2D eigenvalue weighted by atomic mass is 10.2. The summed E-state index contributed by atoms with van der Waals surface area (Å²) in [5, 5.41) is 2.39. The summed E-state index contributed by atoms with van der Waals surface area (Å²) in [6.07, 6.45) is 0. The molecule has 0 bridgehead atoms. The predicted octanol–water partition coefficient (Wildman–Crippen LogP) is 6.04. The fourth-order valence-electron chi connectivity index (χ4n) is 2.09. The Morgan fingerprint density at radius 1 is 0.550 bits per heavy atom. The number of fused-ring (bicyclic) bond motifs is 3. The molecule has 0 saturated heterocycles. The van der Waals surface area contributed by atoms with Crippen LogP contribution in [-0.4, -0.2) is 0 Å². The first kappa shape index (κ1) is 12.9. The van der Waals surface area contributed by atoms with Crippen LogP contribution < -0.4 is 0 Å². The first-order chi connectivity index (χ1) is 9.84. The van der Waals surface area contributed by atoms with Gasteiger partial charge in [-0.2, -0.15) is 0 Å². The Balaban J connectivity index is 0.000000147. The second kappa shape index (κ2) is 5.93. The van der Waals surface area contributed by atoms with Crippen LogP contribution in [0.3, 0.4) is 0 Å². The number of rotatable bonds is 0. The largest absolute Gasteiger partial charge is 0.456 e. The van der Waals surface area contributed by atoms with E-state index in [2.05, 4.69) is 28.1 Å². The maximum Gasteiger partial charge on any atom is 0.135 e. The number of hydrogen-bond donors (Lipinski definition) is 0. The molecule has 0 atom stereocenters. The Labute approximate surface area is 126 Å². The zero-order valence-electron chi connectivity index (χ0n) is 10.8. The predicted molar refractivity (Wildman–Crippen MR) is 87.9 cm³/mol. The van der Waals surface area contributed by atoms with Crippen molar-refractivity contribution in [2.24, 2.45) is 0 Å². The third-order valence-corrected chi connectivity index (χ3v) is 3.55. The van der Waals surface area contributed by atoms with Gasteiger partial charge in [-0.1, -0.05) is 70.5 Å². The van der Waals surface area contributed by atoms with E-state index < -0.39 is 0 Å². The van der Waals surface area contributed by atoms with Crippen LogP contribution in [0, 0.1) is 0 Å². The standard InChI is InChI=1S/C12H8O.C6H5Br/c1-3-7-11-9(5-1)10-6-2-4-8-12(10)13-11;7-6-4-2-1-3-5-6/h1-8H;1-5H. The molecule has 0 spiro atoms. The van der Waals surface area contributed by atoms with Crippen molar-refractivity contribution in [3.05, 3.63) is 83.3 Å². The van der Waals surface area contributed by atoms with E-state index >= 15 is 0 Å². The van der Waals surface area contributed by atoms with Crippen molar-refractivity contribution in [1.29, 1.82) is 0 Å². The molecule has 0 unspecified atom stereocenters. The highest BCUT2D eigenvalue weighted by Crippen LogP contribution is 2.27. The SMILES string of the molecule is Brc1ccccc1.c1ccc2c(c1)oc1ccccc12. The molecule has 2 heteroatoms. The van der Waals surface area contributed by atoms with Crippen LogP contribution >= 0.6 is 15.9 Å². The van der Waals surface area contributed by atoms with Gasteiger partial charge in [0.15, 0.2) is 0 Å². The Kier molecular flexibility index (Phi) is 3.84. The van der Waals surface area contributed by atoms with E-state index in [4.69, 9.17) is 4.42 Å². The quantitative estimate of drug-likeness (QED) is 0.384. The monoisotopic (exact) mass is 324 g/mol. The zero-order valence-corrected chi connectivity index (χ0v) is 12.4. The lowest BCUT2D eigenvalue weighted by molar-refractivity contribution is 0.669. The first-order valence-electron chi connectivity index (χ1n) is 6.41. The van der Waals surface area contributed by atoms with Gasteiger partial charge in [-0.3, -0.25) is 0 Å². The summed E-state index contributed by atoms with van der Waals surface area (Å²) in [7, 11) is 0. The highest BCUT2D eigenvalue weighted by Gasteiger charge is 2.03. The van der Waals surface area contributed by atoms with E-state index in [1.165, 1.54) is 10.8 Å². The molecule has 4 rings (SSSR count). The molecule has 0 radical (unpaired) electrons. The Bertz CT molecular complexity index is 768. The fourth-order valence-corrected chi connectivity index (χ4v) is 2.39. The van der Waals surface area contributed by atoms with E-state index in [0.717, 1.165) is 15.6 Å². The average Bonchev–Trinajstić information content (AvgIpc) is 2.87. The molecular weight excluding hydrogens is 312 g/mol. The average molecular weight is 325 g/mol. The van der Waals surface area contributed by atoms with E-state index in [1.807, 2.05) is 66.7 Å². The van der Waals surface area contributed by atoms with Gasteiger partial charge < -0.3 is 4.42 Å². The van der Waals surface area contributed by atoms with E-state index in [-0.39, 0.29) is 0 Å². The summed E-state index contributed by atoms with van der Waals surface area (Å²) < 4.78 is 6.79. The molecule has 1 heterocycles. The van der Waals surface area contributed by atoms with Crippen molar-refractivity contribution in [2.45, 2.75) is 0 Å². The minimum Gasteiger partial charge on any atom is -0.456 e. The summed E-state index contributed by atoms with van der Waals surface area (Å²) in [5.41, 5.74) is 1.92. The van der Waals surface area contributed by atoms with Gasteiger partial charge >= 0.3 is 0 Å². The highest BCUT2D eigenvalue weighted by atomic mass is 79.9. The third kappa shape index (κ3) is 2.75. The molecule has 0 aliphatic carbocycles. The molecular formula is C18H13BrO. The van der Waals surface area contributed by atoms with Crippen molar-refractivity contribution in [3.63, 3.8) is 0 Å². The van der Waals surface area contributed by atoms with Crippen molar-refractivity contribution < 1.29 is 4.42 Å². The topological polar surface area (TPSA) is 13.1 Å². The van der Waals surface area contributed by atoms with Gasteiger partial charge in [0, 0.05) is 15.2 Å². The Morgan fingerprint density at radius 3 is 1.45 bits per heavy atom. The molecule has 98 valence electrons. The van der Waals surface area contributed by atoms with Crippen LogP contribution in [0.1, 0.15) is 0 Å². The zero-order chi connectivity index (χ0) is 13.8. The molecule has 0 amide bonds. The second-order valence-electron chi connectivity index (χ2n) is 4.39. The van der Waals surface area contributed by atoms with Crippen molar-refractivity contribution in [2.75, 3.05) is 0 Å². The molecule has 0 aliphatic heterocycles. The minimum atomic E-state index is 0.962. The molecule has 20 heavy (non-hydrogen) atoms. The summed E-state index contributed by atoms with van der Waals surface area (Å²) >= 11 is 3.31. The van der Waals surface area contributed by atoms with E-state index in [9.17, 15) is 0 Å². The minimum absolute atomic E-state index is 0.962. The van der Waals surface area contributed by atoms with Gasteiger partial charge in [0.05, 0.1) is 0 Å². The fraction of sp³-hybridized carbons (Fsp3) is 0. The molecule has 4 aromatic rings. The van der Waals surface area contributed by atoms with Gasteiger partial charge in [0.1, 0.15) is 11.2 Å². The number of halogens is 1. The van der Waals surface area contributed by atoms with Crippen LogP contribution in [0.25, 0.3) is 21.9 Å². The lowest BCUT2D eigenvalue weighted by Gasteiger charge is -1.85. The number of hydrogen-bond acceptors (Lipinski definition) is 1. The molecule has 0 N–H and O–H groups in total. The normalized spacial score (nSPS) is 10.2. The van der Waals surface area contributed by atoms with Crippen LogP contribution in [0.5, 0.6) is 0 Å². The van der Waals surface area contributed by atoms with Crippen LogP contribution in [0.15, 0.2) is 87.8 Å². The molecule has 0 fully saturated rings. The molecule has 1 aromatic heterocycles. The molecule has 1 nitrogen and oxygen atoms in total. The van der Waals surface area contributed by atoms with E-state index in [0.29, 0.717) is 0 Å². The number of furan rings is 1.